The molecule has 0 amide bonds. The highest BCUT2D eigenvalue weighted by atomic mass is 15.3. The normalized spacial score (nSPS) is 21.3. The Labute approximate surface area is 115 Å². The Morgan fingerprint density at radius 2 is 1.26 bits per heavy atom. The first-order valence-corrected chi connectivity index (χ1v) is 7.47. The van der Waals surface area contributed by atoms with Gasteiger partial charge in [-0.3, -0.25) is 0 Å². The van der Waals surface area contributed by atoms with Gasteiger partial charge >= 0.3 is 0 Å². The molecule has 2 saturated heterocycles. The first-order valence-electron chi connectivity index (χ1n) is 7.47. The molecule has 1 N–H and O–H groups in total. The van der Waals surface area contributed by atoms with Crippen molar-refractivity contribution in [3.63, 3.8) is 0 Å². The topological polar surface area (TPSA) is 44.3 Å². The van der Waals surface area contributed by atoms with Crippen LogP contribution in [0.15, 0.2) is 12.4 Å². The minimum absolute atomic E-state index is 1.03. The average Bonchev–Trinajstić information content (AvgIpc) is 2.77. The van der Waals surface area contributed by atoms with Gasteiger partial charge in [-0.25, -0.2) is 9.97 Å². The molecule has 2 fully saturated rings. The molecule has 5 nitrogen and oxygen atoms in total. The molecule has 2 aliphatic heterocycles. The van der Waals surface area contributed by atoms with E-state index in [9.17, 15) is 0 Å². The van der Waals surface area contributed by atoms with Crippen LogP contribution >= 0.6 is 0 Å². The van der Waals surface area contributed by atoms with Crippen LogP contribution in [0.25, 0.3) is 0 Å². The molecule has 5 heteroatoms. The van der Waals surface area contributed by atoms with Crippen molar-refractivity contribution in [2.45, 2.75) is 25.7 Å². The molecule has 3 rings (SSSR count). The molecule has 104 valence electrons. The van der Waals surface area contributed by atoms with Crippen LogP contribution in [-0.4, -0.2) is 49.2 Å². The smallest absolute Gasteiger partial charge is 0.172 e. The minimum Gasteiger partial charge on any atom is -0.354 e. The van der Waals surface area contributed by atoms with E-state index in [2.05, 4.69) is 25.1 Å². The zero-order chi connectivity index (χ0) is 12.9. The number of hydrogen-bond acceptors (Lipinski definition) is 5. The molecule has 1 aromatic rings. The maximum absolute atomic E-state index is 4.62. The molecule has 0 unspecified atom stereocenters. The summed E-state index contributed by atoms with van der Waals surface area (Å²) in [5, 5.41) is 3.39. The van der Waals surface area contributed by atoms with Gasteiger partial charge in [0, 0.05) is 51.7 Å². The van der Waals surface area contributed by atoms with Crippen molar-refractivity contribution in [2.75, 3.05) is 49.1 Å². The molecule has 0 aromatic carbocycles. The largest absolute Gasteiger partial charge is 0.354 e. The van der Waals surface area contributed by atoms with Crippen LogP contribution in [0, 0.1) is 0 Å². The van der Waals surface area contributed by atoms with Crippen LogP contribution in [0.4, 0.5) is 11.6 Å². The lowest BCUT2D eigenvalue weighted by Crippen LogP contribution is -2.44. The summed E-state index contributed by atoms with van der Waals surface area (Å²) in [4.78, 5) is 14.0. The van der Waals surface area contributed by atoms with Gasteiger partial charge in [0.05, 0.1) is 0 Å². The van der Waals surface area contributed by atoms with Crippen LogP contribution in [-0.2, 0) is 0 Å². The Kier molecular flexibility index (Phi) is 4.13. The van der Waals surface area contributed by atoms with E-state index in [1.807, 2.05) is 12.4 Å². The zero-order valence-electron chi connectivity index (χ0n) is 11.5. The predicted molar refractivity (Wildman–Crippen MR) is 77.8 cm³/mol. The fraction of sp³-hybridized carbons (Fsp3) is 0.714. The van der Waals surface area contributed by atoms with Gasteiger partial charge < -0.3 is 15.1 Å². The Morgan fingerprint density at radius 1 is 0.737 bits per heavy atom. The Morgan fingerprint density at radius 3 is 1.84 bits per heavy atom. The third-order valence-corrected chi connectivity index (χ3v) is 3.98. The lowest BCUT2D eigenvalue weighted by Gasteiger charge is -2.32. The standard InChI is InChI=1S/C14H23N5/c1-2-4-10-18(9-3-1)13-14(17-6-5-16-13)19-11-7-15-8-12-19/h5-6,15H,1-4,7-12H2. The summed E-state index contributed by atoms with van der Waals surface area (Å²) >= 11 is 0. The monoisotopic (exact) mass is 261 g/mol. The van der Waals surface area contributed by atoms with Crippen molar-refractivity contribution in [3.05, 3.63) is 12.4 Å². The van der Waals surface area contributed by atoms with E-state index in [0.717, 1.165) is 50.9 Å². The SMILES string of the molecule is c1cnc(N2CCNCC2)c(N2CCCCCC2)n1. The highest BCUT2D eigenvalue weighted by molar-refractivity contribution is 5.62. The molecule has 0 aliphatic carbocycles. The summed E-state index contributed by atoms with van der Waals surface area (Å²) in [6.45, 7) is 6.38. The van der Waals surface area contributed by atoms with Crippen LogP contribution in [0.3, 0.4) is 0 Å². The molecule has 0 bridgehead atoms. The summed E-state index contributed by atoms with van der Waals surface area (Å²) in [5.41, 5.74) is 0. The van der Waals surface area contributed by atoms with Crippen LogP contribution in [0.1, 0.15) is 25.7 Å². The molecule has 0 atom stereocenters. The van der Waals surface area contributed by atoms with Gasteiger partial charge in [0.15, 0.2) is 11.6 Å². The number of piperazine rings is 1. The second kappa shape index (κ2) is 6.19. The summed E-state index contributed by atoms with van der Waals surface area (Å²) < 4.78 is 0. The molecule has 3 heterocycles. The number of nitrogens with zero attached hydrogens (tertiary/aromatic N) is 4. The van der Waals surface area contributed by atoms with Crippen molar-refractivity contribution in [2.24, 2.45) is 0 Å². The molecule has 0 saturated carbocycles. The van der Waals surface area contributed by atoms with E-state index in [0.29, 0.717) is 0 Å². The van der Waals surface area contributed by atoms with Crippen molar-refractivity contribution in [1.29, 1.82) is 0 Å². The first-order chi connectivity index (χ1) is 9.45. The summed E-state index contributed by atoms with van der Waals surface area (Å²) in [6.07, 6.45) is 8.89. The van der Waals surface area contributed by atoms with Gasteiger partial charge in [-0.05, 0) is 12.8 Å². The predicted octanol–water partition coefficient (Wildman–Crippen LogP) is 1.27. The van der Waals surface area contributed by atoms with Crippen LogP contribution < -0.4 is 15.1 Å². The Balaban J connectivity index is 1.83. The molecular weight excluding hydrogens is 238 g/mol. The fourth-order valence-electron chi connectivity index (χ4n) is 2.93. The number of anilines is 2. The first kappa shape index (κ1) is 12.7. The third-order valence-electron chi connectivity index (χ3n) is 3.98. The zero-order valence-corrected chi connectivity index (χ0v) is 11.5. The van der Waals surface area contributed by atoms with Gasteiger partial charge in [-0.1, -0.05) is 12.8 Å². The summed E-state index contributed by atoms with van der Waals surface area (Å²) in [6, 6.07) is 0. The molecule has 1 aromatic heterocycles. The maximum Gasteiger partial charge on any atom is 0.172 e. The highest BCUT2D eigenvalue weighted by Crippen LogP contribution is 2.26. The molecular formula is C14H23N5. The quantitative estimate of drug-likeness (QED) is 0.868. The highest BCUT2D eigenvalue weighted by Gasteiger charge is 2.20. The van der Waals surface area contributed by atoms with Crippen molar-refractivity contribution in [1.82, 2.24) is 15.3 Å². The number of aromatic nitrogens is 2. The van der Waals surface area contributed by atoms with Crippen LogP contribution in [0.2, 0.25) is 0 Å². The van der Waals surface area contributed by atoms with E-state index in [4.69, 9.17) is 0 Å². The van der Waals surface area contributed by atoms with Crippen molar-refractivity contribution >= 4 is 11.6 Å². The van der Waals surface area contributed by atoms with E-state index in [1.54, 1.807) is 0 Å². The molecule has 2 aliphatic rings. The van der Waals surface area contributed by atoms with E-state index in [1.165, 1.54) is 25.7 Å². The van der Waals surface area contributed by atoms with E-state index < -0.39 is 0 Å². The van der Waals surface area contributed by atoms with E-state index in [-0.39, 0.29) is 0 Å². The van der Waals surface area contributed by atoms with Crippen molar-refractivity contribution < 1.29 is 0 Å². The lowest BCUT2D eigenvalue weighted by atomic mass is 10.2. The molecule has 0 radical (unpaired) electrons. The third kappa shape index (κ3) is 2.97. The second-order valence-corrected chi connectivity index (χ2v) is 5.34. The average molecular weight is 261 g/mol. The van der Waals surface area contributed by atoms with E-state index >= 15 is 0 Å². The lowest BCUT2D eigenvalue weighted by molar-refractivity contribution is 0.583. The minimum atomic E-state index is 1.03. The molecule has 19 heavy (non-hydrogen) atoms. The fourth-order valence-corrected chi connectivity index (χ4v) is 2.93. The molecule has 0 spiro atoms. The number of rotatable bonds is 2. The number of nitrogens with one attached hydrogen (secondary N) is 1. The Bertz CT molecular complexity index is 395. The van der Waals surface area contributed by atoms with Gasteiger partial charge in [0.25, 0.3) is 0 Å². The van der Waals surface area contributed by atoms with Gasteiger partial charge in [-0.15, -0.1) is 0 Å². The van der Waals surface area contributed by atoms with Gasteiger partial charge in [0.1, 0.15) is 0 Å². The Hall–Kier alpha value is -1.36. The maximum atomic E-state index is 4.62. The van der Waals surface area contributed by atoms with Gasteiger partial charge in [0.2, 0.25) is 0 Å². The summed E-state index contributed by atoms with van der Waals surface area (Å²) in [5.74, 6) is 2.16. The van der Waals surface area contributed by atoms with Crippen LogP contribution in [0.5, 0.6) is 0 Å². The second-order valence-electron chi connectivity index (χ2n) is 5.34. The van der Waals surface area contributed by atoms with Gasteiger partial charge in [-0.2, -0.15) is 0 Å². The number of hydrogen-bond donors (Lipinski definition) is 1. The summed E-state index contributed by atoms with van der Waals surface area (Å²) in [7, 11) is 0. The van der Waals surface area contributed by atoms with Crippen molar-refractivity contribution in [3.8, 4) is 0 Å².